The normalized spacial score (nSPS) is 10.6. The summed E-state index contributed by atoms with van der Waals surface area (Å²) < 4.78 is 1.60. The van der Waals surface area contributed by atoms with E-state index in [1.165, 1.54) is 6.08 Å². The van der Waals surface area contributed by atoms with Crippen LogP contribution in [-0.2, 0) is 11.8 Å². The van der Waals surface area contributed by atoms with Gasteiger partial charge in [-0.05, 0) is 12.1 Å². The first-order chi connectivity index (χ1) is 5.20. The minimum Gasteiger partial charge on any atom is -0.478 e. The summed E-state index contributed by atoms with van der Waals surface area (Å²) in [5.41, 5.74) is 0.771. The van der Waals surface area contributed by atoms with E-state index in [-0.39, 0.29) is 0 Å². The standard InChI is InChI=1S/C7H8N2O2/c1-9-6(4-5-8-9)2-3-7(10)11/h2-5H,1H3,(H,10,11)/b3-2+. The van der Waals surface area contributed by atoms with Gasteiger partial charge in [-0.15, -0.1) is 0 Å². The lowest BCUT2D eigenvalue weighted by molar-refractivity contribution is -0.131. The molecule has 0 atom stereocenters. The zero-order chi connectivity index (χ0) is 8.27. The van der Waals surface area contributed by atoms with Gasteiger partial charge in [0.1, 0.15) is 0 Å². The molecule has 0 radical (unpaired) electrons. The van der Waals surface area contributed by atoms with Crippen molar-refractivity contribution >= 4 is 12.0 Å². The van der Waals surface area contributed by atoms with Crippen molar-refractivity contribution in [3.8, 4) is 0 Å². The number of aliphatic carboxylic acids is 1. The van der Waals surface area contributed by atoms with Gasteiger partial charge in [-0.3, -0.25) is 4.68 Å². The molecule has 0 aliphatic heterocycles. The quantitative estimate of drug-likeness (QED) is 0.628. The molecule has 58 valence electrons. The Morgan fingerprint density at radius 1 is 1.82 bits per heavy atom. The van der Waals surface area contributed by atoms with Gasteiger partial charge in [-0.2, -0.15) is 5.10 Å². The molecule has 0 spiro atoms. The Morgan fingerprint density at radius 3 is 3.00 bits per heavy atom. The lowest BCUT2D eigenvalue weighted by atomic mass is 10.4. The predicted molar refractivity (Wildman–Crippen MR) is 39.9 cm³/mol. The molecule has 0 saturated heterocycles. The Kier molecular flexibility index (Phi) is 2.06. The molecule has 11 heavy (non-hydrogen) atoms. The third kappa shape index (κ3) is 1.93. The monoisotopic (exact) mass is 152 g/mol. The van der Waals surface area contributed by atoms with Crippen LogP contribution in [0.3, 0.4) is 0 Å². The molecule has 0 saturated carbocycles. The predicted octanol–water partition coefficient (Wildman–Crippen LogP) is 0.518. The van der Waals surface area contributed by atoms with Gasteiger partial charge in [0.15, 0.2) is 0 Å². The summed E-state index contributed by atoms with van der Waals surface area (Å²) in [4.78, 5) is 10.1. The second-order valence-electron chi connectivity index (χ2n) is 2.05. The van der Waals surface area contributed by atoms with Gasteiger partial charge in [-0.25, -0.2) is 4.79 Å². The molecule has 0 aliphatic carbocycles. The minimum atomic E-state index is -0.953. The maximum Gasteiger partial charge on any atom is 0.328 e. The van der Waals surface area contributed by atoms with Crippen LogP contribution in [0, 0.1) is 0 Å². The Hall–Kier alpha value is -1.58. The lowest BCUT2D eigenvalue weighted by Crippen LogP contribution is -1.93. The molecular formula is C7H8N2O2. The third-order valence-corrected chi connectivity index (χ3v) is 1.26. The van der Waals surface area contributed by atoms with Gasteiger partial charge in [0, 0.05) is 19.3 Å². The van der Waals surface area contributed by atoms with Crippen LogP contribution in [0.4, 0.5) is 0 Å². The summed E-state index contributed by atoms with van der Waals surface area (Å²) in [6.45, 7) is 0. The number of carboxylic acid groups (broad SMARTS) is 1. The van der Waals surface area contributed by atoms with Crippen LogP contribution in [0.15, 0.2) is 18.3 Å². The van der Waals surface area contributed by atoms with Gasteiger partial charge < -0.3 is 5.11 Å². The van der Waals surface area contributed by atoms with Gasteiger partial charge >= 0.3 is 5.97 Å². The second-order valence-corrected chi connectivity index (χ2v) is 2.05. The molecule has 1 heterocycles. The summed E-state index contributed by atoms with van der Waals surface area (Å²) in [7, 11) is 1.75. The van der Waals surface area contributed by atoms with Crippen molar-refractivity contribution in [3.05, 3.63) is 24.0 Å². The van der Waals surface area contributed by atoms with E-state index >= 15 is 0 Å². The lowest BCUT2D eigenvalue weighted by Gasteiger charge is -1.90. The molecular weight excluding hydrogens is 144 g/mol. The highest BCUT2D eigenvalue weighted by atomic mass is 16.4. The number of nitrogens with zero attached hydrogens (tertiary/aromatic N) is 2. The number of hydrogen-bond donors (Lipinski definition) is 1. The molecule has 4 nitrogen and oxygen atoms in total. The average molecular weight is 152 g/mol. The van der Waals surface area contributed by atoms with E-state index in [9.17, 15) is 4.79 Å². The van der Waals surface area contributed by atoms with Crippen LogP contribution in [0.1, 0.15) is 5.69 Å². The smallest absolute Gasteiger partial charge is 0.328 e. The Bertz CT molecular complexity index is 288. The van der Waals surface area contributed by atoms with Crippen molar-refractivity contribution < 1.29 is 9.90 Å². The maximum atomic E-state index is 10.1. The first kappa shape index (κ1) is 7.53. The number of carboxylic acids is 1. The Morgan fingerprint density at radius 2 is 2.55 bits per heavy atom. The largest absolute Gasteiger partial charge is 0.478 e. The molecule has 1 rings (SSSR count). The topological polar surface area (TPSA) is 55.1 Å². The minimum absolute atomic E-state index is 0.771. The number of carbonyl (C=O) groups is 1. The molecule has 0 aromatic carbocycles. The molecule has 0 fully saturated rings. The molecule has 0 unspecified atom stereocenters. The van der Waals surface area contributed by atoms with Crippen LogP contribution in [-0.4, -0.2) is 20.9 Å². The third-order valence-electron chi connectivity index (χ3n) is 1.26. The molecule has 4 heteroatoms. The second kappa shape index (κ2) is 3.01. The van der Waals surface area contributed by atoms with E-state index < -0.39 is 5.97 Å². The highest BCUT2D eigenvalue weighted by Gasteiger charge is 1.92. The Balaban J connectivity index is 2.79. The number of aryl methyl sites for hydroxylation is 1. The Labute approximate surface area is 63.8 Å². The van der Waals surface area contributed by atoms with Gasteiger partial charge in [-0.1, -0.05) is 0 Å². The first-order valence-electron chi connectivity index (χ1n) is 3.09. The molecule has 0 amide bonds. The number of rotatable bonds is 2. The van der Waals surface area contributed by atoms with E-state index in [0.717, 1.165) is 11.8 Å². The molecule has 0 bridgehead atoms. The fourth-order valence-electron chi connectivity index (χ4n) is 0.704. The van der Waals surface area contributed by atoms with Crippen LogP contribution in [0.2, 0.25) is 0 Å². The van der Waals surface area contributed by atoms with Crippen molar-refractivity contribution in [1.82, 2.24) is 9.78 Å². The maximum absolute atomic E-state index is 10.1. The van der Waals surface area contributed by atoms with Crippen LogP contribution in [0.5, 0.6) is 0 Å². The molecule has 0 aliphatic rings. The highest BCUT2D eigenvalue weighted by molar-refractivity contribution is 5.84. The fraction of sp³-hybridized carbons (Fsp3) is 0.143. The first-order valence-corrected chi connectivity index (χ1v) is 3.09. The van der Waals surface area contributed by atoms with E-state index in [1.807, 2.05) is 0 Å². The van der Waals surface area contributed by atoms with Crippen molar-refractivity contribution in [1.29, 1.82) is 0 Å². The number of hydrogen-bond acceptors (Lipinski definition) is 2. The van der Waals surface area contributed by atoms with Gasteiger partial charge in [0.25, 0.3) is 0 Å². The van der Waals surface area contributed by atoms with E-state index in [4.69, 9.17) is 5.11 Å². The van der Waals surface area contributed by atoms with Crippen molar-refractivity contribution in [3.63, 3.8) is 0 Å². The summed E-state index contributed by atoms with van der Waals surface area (Å²) >= 11 is 0. The van der Waals surface area contributed by atoms with Gasteiger partial charge in [0.05, 0.1) is 5.69 Å². The summed E-state index contributed by atoms with van der Waals surface area (Å²) in [6, 6.07) is 1.74. The zero-order valence-corrected chi connectivity index (χ0v) is 6.06. The molecule has 1 aromatic rings. The number of aromatic nitrogens is 2. The van der Waals surface area contributed by atoms with Crippen molar-refractivity contribution in [2.75, 3.05) is 0 Å². The van der Waals surface area contributed by atoms with Gasteiger partial charge in [0.2, 0.25) is 0 Å². The highest BCUT2D eigenvalue weighted by Crippen LogP contribution is 1.97. The fourth-order valence-corrected chi connectivity index (χ4v) is 0.704. The summed E-state index contributed by atoms with van der Waals surface area (Å²) in [5, 5.41) is 12.2. The van der Waals surface area contributed by atoms with E-state index in [2.05, 4.69) is 5.10 Å². The van der Waals surface area contributed by atoms with Crippen LogP contribution < -0.4 is 0 Å². The van der Waals surface area contributed by atoms with E-state index in [1.54, 1.807) is 24.0 Å². The van der Waals surface area contributed by atoms with Crippen LogP contribution in [0.25, 0.3) is 6.08 Å². The van der Waals surface area contributed by atoms with Crippen molar-refractivity contribution in [2.24, 2.45) is 7.05 Å². The summed E-state index contributed by atoms with van der Waals surface area (Å²) in [5.74, 6) is -0.953. The van der Waals surface area contributed by atoms with Crippen LogP contribution >= 0.6 is 0 Å². The SMILES string of the molecule is Cn1nccc1/C=C/C(=O)O. The molecule has 1 aromatic heterocycles. The average Bonchev–Trinajstić information content (AvgIpc) is 2.31. The summed E-state index contributed by atoms with van der Waals surface area (Å²) in [6.07, 6.45) is 4.19. The zero-order valence-electron chi connectivity index (χ0n) is 6.06. The van der Waals surface area contributed by atoms with Crippen molar-refractivity contribution in [2.45, 2.75) is 0 Å². The van der Waals surface area contributed by atoms with E-state index in [0.29, 0.717) is 0 Å². The molecule has 1 N–H and O–H groups in total.